The van der Waals surface area contributed by atoms with Gasteiger partial charge in [0.1, 0.15) is 0 Å². The number of likely N-dealkylation sites (tertiary alicyclic amines) is 1. The predicted molar refractivity (Wildman–Crippen MR) is 84.9 cm³/mol. The molecule has 108 valence electrons. The molecular formula is C16H28N2S. The highest BCUT2D eigenvalue weighted by atomic mass is 32.1. The summed E-state index contributed by atoms with van der Waals surface area (Å²) in [6.45, 7) is 10.7. The predicted octanol–water partition coefficient (Wildman–Crippen LogP) is 3.25. The van der Waals surface area contributed by atoms with Crippen LogP contribution in [0.3, 0.4) is 0 Å². The van der Waals surface area contributed by atoms with Crippen LogP contribution < -0.4 is 5.32 Å². The number of thiophene rings is 1. The second-order valence-electron chi connectivity index (χ2n) is 6.24. The normalized spacial score (nSPS) is 21.1. The van der Waals surface area contributed by atoms with Crippen LogP contribution in [0.5, 0.6) is 0 Å². The molecule has 1 saturated heterocycles. The molecule has 0 aliphatic carbocycles. The average Bonchev–Trinajstić information content (AvgIpc) is 2.89. The molecule has 1 unspecified atom stereocenters. The molecule has 1 aliphatic heterocycles. The molecule has 0 saturated carbocycles. The standard InChI is InChI=1S/C16H28N2S/c1-14(2)10-17-11-16-4-3-7-18(12-16)8-5-15-6-9-19-13-15/h6,9,13-14,16-17H,3-5,7-8,10-12H2,1-2H3. The van der Waals surface area contributed by atoms with Crippen LogP contribution in [-0.2, 0) is 6.42 Å². The minimum Gasteiger partial charge on any atom is -0.316 e. The fourth-order valence-electron chi connectivity index (χ4n) is 2.82. The zero-order valence-electron chi connectivity index (χ0n) is 12.4. The van der Waals surface area contributed by atoms with Crippen LogP contribution in [0.25, 0.3) is 0 Å². The summed E-state index contributed by atoms with van der Waals surface area (Å²) in [5.41, 5.74) is 1.50. The lowest BCUT2D eigenvalue weighted by Gasteiger charge is -2.33. The van der Waals surface area contributed by atoms with E-state index in [1.165, 1.54) is 51.0 Å². The molecule has 0 aromatic carbocycles. The van der Waals surface area contributed by atoms with Crippen molar-refractivity contribution in [1.82, 2.24) is 10.2 Å². The summed E-state index contributed by atoms with van der Waals surface area (Å²) in [6.07, 6.45) is 3.99. The van der Waals surface area contributed by atoms with Gasteiger partial charge in [0.05, 0.1) is 0 Å². The van der Waals surface area contributed by atoms with Crippen LogP contribution in [0.1, 0.15) is 32.3 Å². The highest BCUT2D eigenvalue weighted by molar-refractivity contribution is 7.07. The third kappa shape index (κ3) is 5.64. The fraction of sp³-hybridized carbons (Fsp3) is 0.750. The van der Waals surface area contributed by atoms with Gasteiger partial charge < -0.3 is 10.2 Å². The van der Waals surface area contributed by atoms with Crippen LogP contribution in [-0.4, -0.2) is 37.6 Å². The lowest BCUT2D eigenvalue weighted by molar-refractivity contribution is 0.173. The van der Waals surface area contributed by atoms with Gasteiger partial charge in [0.15, 0.2) is 0 Å². The Hall–Kier alpha value is -0.380. The lowest BCUT2D eigenvalue weighted by atomic mass is 9.97. The van der Waals surface area contributed by atoms with E-state index < -0.39 is 0 Å². The van der Waals surface area contributed by atoms with Crippen molar-refractivity contribution in [1.29, 1.82) is 0 Å². The van der Waals surface area contributed by atoms with Gasteiger partial charge in [0, 0.05) is 13.1 Å². The Balaban J connectivity index is 1.65. The molecule has 1 atom stereocenters. The number of nitrogens with one attached hydrogen (secondary N) is 1. The molecule has 0 spiro atoms. The molecule has 1 aromatic rings. The fourth-order valence-corrected chi connectivity index (χ4v) is 3.52. The van der Waals surface area contributed by atoms with Gasteiger partial charge in [0.2, 0.25) is 0 Å². The summed E-state index contributed by atoms with van der Waals surface area (Å²) in [4.78, 5) is 2.66. The topological polar surface area (TPSA) is 15.3 Å². The smallest absolute Gasteiger partial charge is 0.00222 e. The van der Waals surface area contributed by atoms with E-state index in [4.69, 9.17) is 0 Å². The van der Waals surface area contributed by atoms with Gasteiger partial charge in [-0.15, -0.1) is 0 Å². The largest absolute Gasteiger partial charge is 0.316 e. The first-order chi connectivity index (χ1) is 9.24. The molecule has 1 aliphatic rings. The highest BCUT2D eigenvalue weighted by Crippen LogP contribution is 2.16. The summed E-state index contributed by atoms with van der Waals surface area (Å²) in [5, 5.41) is 8.09. The Bertz CT molecular complexity index is 335. The van der Waals surface area contributed by atoms with Crippen molar-refractivity contribution in [3.63, 3.8) is 0 Å². The molecule has 2 nitrogen and oxygen atoms in total. The molecule has 0 amide bonds. The summed E-state index contributed by atoms with van der Waals surface area (Å²) in [6, 6.07) is 2.26. The Morgan fingerprint density at radius 3 is 3.11 bits per heavy atom. The van der Waals surface area contributed by atoms with Crippen molar-refractivity contribution >= 4 is 11.3 Å². The van der Waals surface area contributed by atoms with Gasteiger partial charge in [-0.1, -0.05) is 13.8 Å². The Morgan fingerprint density at radius 2 is 2.37 bits per heavy atom. The van der Waals surface area contributed by atoms with Crippen molar-refractivity contribution in [3.8, 4) is 0 Å². The van der Waals surface area contributed by atoms with E-state index in [2.05, 4.69) is 40.9 Å². The van der Waals surface area contributed by atoms with Gasteiger partial charge in [-0.3, -0.25) is 0 Å². The third-order valence-electron chi connectivity index (χ3n) is 3.89. The van der Waals surface area contributed by atoms with E-state index in [0.717, 1.165) is 18.4 Å². The maximum absolute atomic E-state index is 3.62. The average molecular weight is 280 g/mol. The first kappa shape index (κ1) is 15.0. The van der Waals surface area contributed by atoms with Crippen LogP contribution in [0.15, 0.2) is 16.8 Å². The molecular weight excluding hydrogens is 252 g/mol. The van der Waals surface area contributed by atoms with Crippen molar-refractivity contribution in [2.45, 2.75) is 33.1 Å². The highest BCUT2D eigenvalue weighted by Gasteiger charge is 2.19. The van der Waals surface area contributed by atoms with Gasteiger partial charge in [-0.05, 0) is 73.1 Å². The molecule has 1 aromatic heterocycles. The number of rotatable bonds is 7. The monoisotopic (exact) mass is 280 g/mol. The van der Waals surface area contributed by atoms with Crippen LogP contribution in [0.2, 0.25) is 0 Å². The molecule has 0 bridgehead atoms. The molecule has 19 heavy (non-hydrogen) atoms. The molecule has 1 fully saturated rings. The van der Waals surface area contributed by atoms with Crippen LogP contribution in [0.4, 0.5) is 0 Å². The Labute approximate surface area is 122 Å². The molecule has 3 heteroatoms. The third-order valence-corrected chi connectivity index (χ3v) is 4.62. The van der Waals surface area contributed by atoms with E-state index in [1.54, 1.807) is 0 Å². The Kier molecular flexibility index (Phi) is 6.35. The summed E-state index contributed by atoms with van der Waals surface area (Å²) < 4.78 is 0. The van der Waals surface area contributed by atoms with Crippen molar-refractivity contribution in [2.75, 3.05) is 32.7 Å². The summed E-state index contributed by atoms with van der Waals surface area (Å²) in [7, 11) is 0. The van der Waals surface area contributed by atoms with E-state index in [9.17, 15) is 0 Å². The van der Waals surface area contributed by atoms with Crippen molar-refractivity contribution in [2.24, 2.45) is 11.8 Å². The summed E-state index contributed by atoms with van der Waals surface area (Å²) in [5.74, 6) is 1.62. The minimum absolute atomic E-state index is 0.762. The second kappa shape index (κ2) is 8.03. The quantitative estimate of drug-likeness (QED) is 0.825. The number of nitrogens with zero attached hydrogens (tertiary/aromatic N) is 1. The van der Waals surface area contributed by atoms with Gasteiger partial charge in [0.25, 0.3) is 0 Å². The lowest BCUT2D eigenvalue weighted by Crippen LogP contribution is -2.41. The van der Waals surface area contributed by atoms with E-state index in [1.807, 2.05) is 11.3 Å². The molecule has 0 radical (unpaired) electrons. The Morgan fingerprint density at radius 1 is 1.47 bits per heavy atom. The van der Waals surface area contributed by atoms with Gasteiger partial charge in [-0.2, -0.15) is 11.3 Å². The van der Waals surface area contributed by atoms with Crippen LogP contribution in [0, 0.1) is 11.8 Å². The number of piperidine rings is 1. The number of hydrogen-bond donors (Lipinski definition) is 1. The van der Waals surface area contributed by atoms with Crippen LogP contribution >= 0.6 is 11.3 Å². The van der Waals surface area contributed by atoms with E-state index >= 15 is 0 Å². The van der Waals surface area contributed by atoms with Crippen molar-refractivity contribution in [3.05, 3.63) is 22.4 Å². The molecule has 2 heterocycles. The van der Waals surface area contributed by atoms with Gasteiger partial charge in [-0.25, -0.2) is 0 Å². The maximum Gasteiger partial charge on any atom is 0.00222 e. The zero-order valence-corrected chi connectivity index (χ0v) is 13.2. The first-order valence-electron chi connectivity index (χ1n) is 7.68. The molecule has 2 rings (SSSR count). The SMILES string of the molecule is CC(C)CNCC1CCCN(CCc2ccsc2)C1. The maximum atomic E-state index is 3.62. The summed E-state index contributed by atoms with van der Waals surface area (Å²) >= 11 is 1.81. The van der Waals surface area contributed by atoms with Gasteiger partial charge >= 0.3 is 0 Å². The number of hydrogen-bond acceptors (Lipinski definition) is 3. The molecule has 1 N–H and O–H groups in total. The van der Waals surface area contributed by atoms with E-state index in [0.29, 0.717) is 0 Å². The zero-order chi connectivity index (χ0) is 13.5. The first-order valence-corrected chi connectivity index (χ1v) is 8.62. The minimum atomic E-state index is 0.762. The second-order valence-corrected chi connectivity index (χ2v) is 7.02. The van der Waals surface area contributed by atoms with E-state index in [-0.39, 0.29) is 0 Å². The van der Waals surface area contributed by atoms with Crippen molar-refractivity contribution < 1.29 is 0 Å².